The molecule has 1 aliphatic rings. The predicted molar refractivity (Wildman–Crippen MR) is 84.1 cm³/mol. The first-order chi connectivity index (χ1) is 10.3. The highest BCUT2D eigenvalue weighted by molar-refractivity contribution is 5.49. The third-order valence-electron chi connectivity index (χ3n) is 4.09. The number of hydrogen-bond acceptors (Lipinski definition) is 3. The van der Waals surface area contributed by atoms with Crippen LogP contribution in [0.15, 0.2) is 42.5 Å². The molecule has 0 aliphatic carbocycles. The molecule has 1 atom stereocenters. The van der Waals surface area contributed by atoms with Crippen molar-refractivity contribution in [1.82, 2.24) is 5.32 Å². The molecule has 0 saturated carbocycles. The molecule has 0 radical (unpaired) electrons. The number of halogens is 1. The Balaban J connectivity index is 0.00000176. The Bertz CT molecular complexity index is 616. The zero-order chi connectivity index (χ0) is 14.7. The van der Waals surface area contributed by atoms with Gasteiger partial charge in [0.1, 0.15) is 0 Å². The maximum Gasteiger partial charge on any atom is 0.161 e. The first-order valence-corrected chi connectivity index (χ1v) is 7.34. The van der Waals surface area contributed by atoms with Crippen LogP contribution in [0.4, 0.5) is 0 Å². The topological polar surface area (TPSA) is 30.5 Å². The number of hydrogen-bond donors (Lipinski definition) is 1. The normalized spacial score (nSPS) is 16.4. The van der Waals surface area contributed by atoms with Crippen LogP contribution in [0.3, 0.4) is 0 Å². The number of rotatable bonds is 4. The van der Waals surface area contributed by atoms with Crippen molar-refractivity contribution in [2.75, 3.05) is 20.8 Å². The molecular formula is C18H21ClNO2-. The molecule has 22 heavy (non-hydrogen) atoms. The van der Waals surface area contributed by atoms with Crippen molar-refractivity contribution in [3.8, 4) is 11.5 Å². The summed E-state index contributed by atoms with van der Waals surface area (Å²) in [4.78, 5) is 0. The first kappa shape index (κ1) is 16.7. The zero-order valence-corrected chi connectivity index (χ0v) is 13.7. The summed E-state index contributed by atoms with van der Waals surface area (Å²) in [5.74, 6) is 1.62. The van der Waals surface area contributed by atoms with Crippen molar-refractivity contribution in [2.24, 2.45) is 0 Å². The van der Waals surface area contributed by atoms with Gasteiger partial charge >= 0.3 is 0 Å². The molecule has 118 valence electrons. The van der Waals surface area contributed by atoms with Crippen molar-refractivity contribution >= 4 is 0 Å². The van der Waals surface area contributed by atoms with Gasteiger partial charge in [0.2, 0.25) is 0 Å². The van der Waals surface area contributed by atoms with E-state index < -0.39 is 0 Å². The fourth-order valence-corrected chi connectivity index (χ4v) is 3.00. The van der Waals surface area contributed by atoms with Crippen molar-refractivity contribution in [3.05, 3.63) is 59.2 Å². The van der Waals surface area contributed by atoms with Crippen LogP contribution in [0.1, 0.15) is 22.7 Å². The van der Waals surface area contributed by atoms with E-state index in [0.29, 0.717) is 6.04 Å². The molecule has 0 aromatic heterocycles. The monoisotopic (exact) mass is 318 g/mol. The van der Waals surface area contributed by atoms with E-state index in [1.807, 2.05) is 0 Å². The molecule has 3 nitrogen and oxygen atoms in total. The minimum absolute atomic E-state index is 0. The van der Waals surface area contributed by atoms with Crippen LogP contribution in [0, 0.1) is 0 Å². The van der Waals surface area contributed by atoms with Gasteiger partial charge in [-0.1, -0.05) is 30.3 Å². The van der Waals surface area contributed by atoms with Crippen LogP contribution in [0.5, 0.6) is 11.5 Å². The maximum absolute atomic E-state index is 5.45. The molecule has 3 rings (SSSR count). The van der Waals surface area contributed by atoms with Crippen LogP contribution in [0.2, 0.25) is 0 Å². The fraction of sp³-hybridized carbons (Fsp3) is 0.333. The van der Waals surface area contributed by atoms with Crippen LogP contribution >= 0.6 is 0 Å². The number of methoxy groups -OCH3 is 2. The second kappa shape index (κ2) is 7.52. The summed E-state index contributed by atoms with van der Waals surface area (Å²) in [5, 5.41) is 3.62. The summed E-state index contributed by atoms with van der Waals surface area (Å²) < 4.78 is 10.9. The van der Waals surface area contributed by atoms with Crippen LogP contribution in [0.25, 0.3) is 0 Å². The minimum Gasteiger partial charge on any atom is -1.00 e. The number of fused-ring (bicyclic) bond motifs is 1. The summed E-state index contributed by atoms with van der Waals surface area (Å²) in [6.45, 7) is 1.000. The second-order valence-corrected chi connectivity index (χ2v) is 5.35. The van der Waals surface area contributed by atoms with Crippen molar-refractivity contribution in [1.29, 1.82) is 0 Å². The van der Waals surface area contributed by atoms with Gasteiger partial charge in [-0.2, -0.15) is 0 Å². The molecule has 1 heterocycles. The lowest BCUT2D eigenvalue weighted by molar-refractivity contribution is -0.00000485. The van der Waals surface area contributed by atoms with Gasteiger partial charge in [-0.25, -0.2) is 0 Å². The lowest BCUT2D eigenvalue weighted by atomic mass is 9.90. The van der Waals surface area contributed by atoms with E-state index >= 15 is 0 Å². The van der Waals surface area contributed by atoms with Crippen LogP contribution in [-0.4, -0.2) is 20.8 Å². The Morgan fingerprint density at radius 2 is 1.73 bits per heavy atom. The Hall–Kier alpha value is -1.71. The molecule has 2 aromatic carbocycles. The Morgan fingerprint density at radius 1 is 1.05 bits per heavy atom. The van der Waals surface area contributed by atoms with E-state index in [9.17, 15) is 0 Å². The van der Waals surface area contributed by atoms with Gasteiger partial charge in [-0.15, -0.1) is 0 Å². The lowest BCUT2D eigenvalue weighted by Crippen LogP contribution is -3.00. The van der Waals surface area contributed by atoms with E-state index in [2.05, 4.69) is 47.8 Å². The molecule has 1 aliphatic heterocycles. The summed E-state index contributed by atoms with van der Waals surface area (Å²) >= 11 is 0. The van der Waals surface area contributed by atoms with Gasteiger partial charge in [0.15, 0.2) is 11.5 Å². The van der Waals surface area contributed by atoms with E-state index in [1.54, 1.807) is 14.2 Å². The highest BCUT2D eigenvalue weighted by atomic mass is 35.5. The third-order valence-corrected chi connectivity index (χ3v) is 4.09. The third kappa shape index (κ3) is 3.37. The van der Waals surface area contributed by atoms with Gasteiger partial charge in [0.25, 0.3) is 0 Å². The molecule has 1 N–H and O–H groups in total. The molecular weight excluding hydrogens is 298 g/mol. The zero-order valence-electron chi connectivity index (χ0n) is 12.9. The smallest absolute Gasteiger partial charge is 0.161 e. The summed E-state index contributed by atoms with van der Waals surface area (Å²) in [6, 6.07) is 15.2. The van der Waals surface area contributed by atoms with Gasteiger partial charge in [-0.3, -0.25) is 0 Å². The Kier molecular flexibility index (Phi) is 5.69. The summed E-state index contributed by atoms with van der Waals surface area (Å²) in [6.07, 6.45) is 2.02. The largest absolute Gasteiger partial charge is 1.00 e. The highest BCUT2D eigenvalue weighted by Gasteiger charge is 2.22. The number of nitrogens with one attached hydrogen (secondary N) is 1. The molecule has 2 aromatic rings. The van der Waals surface area contributed by atoms with E-state index in [4.69, 9.17) is 9.47 Å². The van der Waals surface area contributed by atoms with Gasteiger partial charge in [0.05, 0.1) is 14.2 Å². The van der Waals surface area contributed by atoms with E-state index in [1.165, 1.54) is 16.7 Å². The second-order valence-electron chi connectivity index (χ2n) is 5.35. The molecule has 0 bridgehead atoms. The number of benzene rings is 2. The standard InChI is InChI=1S/C18H21NO2.ClH/c1-20-17-11-14-8-9-19-16(15(14)12-18(17)21-2)10-13-6-4-3-5-7-13;/h3-7,11-12,16,19H,8-10H2,1-2H3;1H/p-1. The van der Waals surface area contributed by atoms with Gasteiger partial charge in [-0.05, 0) is 48.2 Å². The highest BCUT2D eigenvalue weighted by Crippen LogP contribution is 2.36. The Labute approximate surface area is 138 Å². The molecule has 0 spiro atoms. The molecule has 1 unspecified atom stereocenters. The van der Waals surface area contributed by atoms with Gasteiger partial charge < -0.3 is 27.2 Å². The average molecular weight is 319 g/mol. The summed E-state index contributed by atoms with van der Waals surface area (Å²) in [7, 11) is 3.37. The maximum atomic E-state index is 5.45. The predicted octanol–water partition coefficient (Wildman–Crippen LogP) is 0.137. The summed E-state index contributed by atoms with van der Waals surface area (Å²) in [5.41, 5.74) is 4.02. The van der Waals surface area contributed by atoms with Crippen molar-refractivity contribution in [2.45, 2.75) is 18.9 Å². The fourth-order valence-electron chi connectivity index (χ4n) is 3.00. The van der Waals surface area contributed by atoms with Gasteiger partial charge in [0, 0.05) is 6.04 Å². The molecule has 4 heteroatoms. The van der Waals surface area contributed by atoms with E-state index in [0.717, 1.165) is 30.9 Å². The first-order valence-electron chi connectivity index (χ1n) is 7.34. The molecule has 0 amide bonds. The van der Waals surface area contributed by atoms with Crippen molar-refractivity contribution < 1.29 is 21.9 Å². The number of ether oxygens (including phenoxy) is 2. The van der Waals surface area contributed by atoms with Crippen LogP contribution in [-0.2, 0) is 12.8 Å². The molecule has 0 fully saturated rings. The quantitative estimate of drug-likeness (QED) is 0.870. The lowest BCUT2D eigenvalue weighted by Gasteiger charge is -2.28. The molecule has 0 saturated heterocycles. The van der Waals surface area contributed by atoms with Crippen LogP contribution < -0.4 is 27.2 Å². The van der Waals surface area contributed by atoms with E-state index in [-0.39, 0.29) is 12.4 Å². The SMILES string of the molecule is COc1cc2c(cc1OC)C(Cc1ccccc1)NCC2.[Cl-]. The van der Waals surface area contributed by atoms with Crippen molar-refractivity contribution in [3.63, 3.8) is 0 Å². The average Bonchev–Trinajstić information content (AvgIpc) is 2.55. The Morgan fingerprint density at radius 3 is 2.41 bits per heavy atom. The minimum atomic E-state index is 0.